The number of aliphatic hydroxyl groups excluding tert-OH is 1. The molecule has 0 aliphatic heterocycles. The van der Waals surface area contributed by atoms with Crippen molar-refractivity contribution in [3.63, 3.8) is 0 Å². The SMILES string of the molecule is Cc1ccc(SC(CNCC2CCC(Nc3nc(N(C)C)c4ccccc4n3)CC2)CC(O)c2ccc(C)cc2)cc1. The molecule has 0 bridgehead atoms. The van der Waals surface area contributed by atoms with Gasteiger partial charge in [-0.3, -0.25) is 0 Å². The Labute approximate surface area is 255 Å². The molecule has 1 aromatic heterocycles. The van der Waals surface area contributed by atoms with Gasteiger partial charge in [0.2, 0.25) is 5.95 Å². The van der Waals surface area contributed by atoms with Gasteiger partial charge in [0.05, 0.1) is 11.6 Å². The first-order valence-electron chi connectivity index (χ1n) is 15.2. The Bertz CT molecular complexity index is 1420. The average molecular weight is 584 g/mol. The fraction of sp³-hybridized carbons (Fsp3) is 0.429. The van der Waals surface area contributed by atoms with Crippen LogP contribution in [-0.4, -0.2) is 53.6 Å². The van der Waals surface area contributed by atoms with Crippen LogP contribution in [0.5, 0.6) is 0 Å². The quantitative estimate of drug-likeness (QED) is 0.153. The molecule has 1 aliphatic carbocycles. The second kappa shape index (κ2) is 14.4. The maximum atomic E-state index is 11.0. The van der Waals surface area contributed by atoms with Crippen LogP contribution >= 0.6 is 11.8 Å². The van der Waals surface area contributed by atoms with Crippen molar-refractivity contribution in [1.29, 1.82) is 0 Å². The highest BCUT2D eigenvalue weighted by Crippen LogP contribution is 2.32. The first-order chi connectivity index (χ1) is 20.3. The number of hydrogen-bond acceptors (Lipinski definition) is 7. The van der Waals surface area contributed by atoms with Gasteiger partial charge >= 0.3 is 0 Å². The second-order valence-corrected chi connectivity index (χ2v) is 13.4. The third-order valence-electron chi connectivity index (χ3n) is 8.26. The number of nitrogens with zero attached hydrogens (tertiary/aromatic N) is 3. The van der Waals surface area contributed by atoms with Crippen LogP contribution in [0.1, 0.15) is 54.9 Å². The van der Waals surface area contributed by atoms with Gasteiger partial charge in [-0.2, -0.15) is 4.98 Å². The molecule has 4 aromatic rings. The van der Waals surface area contributed by atoms with Gasteiger partial charge in [-0.15, -0.1) is 11.8 Å². The summed E-state index contributed by atoms with van der Waals surface area (Å²) in [7, 11) is 4.06. The minimum Gasteiger partial charge on any atom is -0.388 e. The first-order valence-corrected chi connectivity index (χ1v) is 16.1. The lowest BCUT2D eigenvalue weighted by atomic mass is 9.86. The number of para-hydroxylation sites is 1. The fourth-order valence-electron chi connectivity index (χ4n) is 5.76. The van der Waals surface area contributed by atoms with Gasteiger partial charge in [-0.1, -0.05) is 59.7 Å². The number of rotatable bonds is 12. The molecule has 2 unspecified atom stereocenters. The molecule has 7 heteroatoms. The fourth-order valence-corrected chi connectivity index (χ4v) is 6.92. The van der Waals surface area contributed by atoms with Crippen LogP contribution in [0.25, 0.3) is 10.9 Å². The molecule has 0 radical (unpaired) electrons. The van der Waals surface area contributed by atoms with E-state index in [0.717, 1.165) is 54.2 Å². The van der Waals surface area contributed by atoms with E-state index in [9.17, 15) is 5.11 Å². The van der Waals surface area contributed by atoms with Crippen LogP contribution < -0.4 is 15.5 Å². The van der Waals surface area contributed by atoms with E-state index in [-0.39, 0.29) is 5.25 Å². The Morgan fingerprint density at radius 2 is 1.55 bits per heavy atom. The third kappa shape index (κ3) is 8.24. The summed E-state index contributed by atoms with van der Waals surface area (Å²) in [4.78, 5) is 13.0. The van der Waals surface area contributed by atoms with Crippen molar-refractivity contribution in [3.8, 4) is 0 Å². The summed E-state index contributed by atoms with van der Waals surface area (Å²) in [5.74, 6) is 2.33. The zero-order valence-corrected chi connectivity index (χ0v) is 26.2. The normalized spacial score (nSPS) is 18.5. The smallest absolute Gasteiger partial charge is 0.225 e. The van der Waals surface area contributed by atoms with Crippen LogP contribution in [0.4, 0.5) is 11.8 Å². The molecule has 1 saturated carbocycles. The van der Waals surface area contributed by atoms with Gasteiger partial charge in [0.1, 0.15) is 5.82 Å². The van der Waals surface area contributed by atoms with Crippen molar-refractivity contribution < 1.29 is 5.11 Å². The summed E-state index contributed by atoms with van der Waals surface area (Å²) in [5.41, 5.74) is 4.45. The van der Waals surface area contributed by atoms with E-state index >= 15 is 0 Å². The van der Waals surface area contributed by atoms with Gasteiger partial charge in [0.15, 0.2) is 0 Å². The molecule has 0 amide bonds. The van der Waals surface area contributed by atoms with E-state index < -0.39 is 6.10 Å². The van der Waals surface area contributed by atoms with Crippen LogP contribution in [0.3, 0.4) is 0 Å². The molecule has 6 nitrogen and oxygen atoms in total. The minimum absolute atomic E-state index is 0.276. The number of hydrogen-bond donors (Lipinski definition) is 3. The number of aromatic nitrogens is 2. The van der Waals surface area contributed by atoms with Crippen LogP contribution in [0, 0.1) is 19.8 Å². The average Bonchev–Trinajstić information content (AvgIpc) is 2.99. The minimum atomic E-state index is -0.470. The molecule has 1 fully saturated rings. The molecular formula is C35H45N5OS. The van der Waals surface area contributed by atoms with Crippen LogP contribution in [0.15, 0.2) is 77.7 Å². The summed E-state index contributed by atoms with van der Waals surface area (Å²) in [6, 6.07) is 25.6. The van der Waals surface area contributed by atoms with Crippen LogP contribution in [0.2, 0.25) is 0 Å². The van der Waals surface area contributed by atoms with E-state index in [2.05, 4.69) is 90.0 Å². The van der Waals surface area contributed by atoms with Crippen LogP contribution in [-0.2, 0) is 0 Å². The van der Waals surface area contributed by atoms with Gasteiger partial charge < -0.3 is 20.6 Å². The predicted molar refractivity (Wildman–Crippen MR) is 178 cm³/mol. The number of fused-ring (bicyclic) bond motifs is 1. The van der Waals surface area contributed by atoms with Crippen molar-refractivity contribution in [2.24, 2.45) is 5.92 Å². The zero-order chi connectivity index (χ0) is 29.5. The number of benzene rings is 3. The van der Waals surface area contributed by atoms with E-state index in [1.807, 2.05) is 38.0 Å². The molecule has 1 heterocycles. The lowest BCUT2D eigenvalue weighted by molar-refractivity contribution is 0.166. The highest BCUT2D eigenvalue weighted by Gasteiger charge is 2.23. The lowest BCUT2D eigenvalue weighted by Gasteiger charge is -2.30. The Morgan fingerprint density at radius 3 is 2.24 bits per heavy atom. The molecule has 5 rings (SSSR count). The molecule has 3 N–H and O–H groups in total. The van der Waals surface area contributed by atoms with Crippen molar-refractivity contribution in [1.82, 2.24) is 15.3 Å². The molecule has 1 aliphatic rings. The highest BCUT2D eigenvalue weighted by atomic mass is 32.2. The van der Waals surface area contributed by atoms with Crippen molar-refractivity contribution in [3.05, 3.63) is 89.5 Å². The molecular weight excluding hydrogens is 538 g/mol. The lowest BCUT2D eigenvalue weighted by Crippen LogP contribution is -2.34. The topological polar surface area (TPSA) is 73.3 Å². The predicted octanol–water partition coefficient (Wildman–Crippen LogP) is 7.16. The van der Waals surface area contributed by atoms with E-state index in [0.29, 0.717) is 18.4 Å². The summed E-state index contributed by atoms with van der Waals surface area (Å²) in [5, 5.41) is 19.8. The maximum Gasteiger partial charge on any atom is 0.225 e. The standard InChI is InChI=1S/C35H45N5OS/c1-24-9-15-27(16-10-24)33(41)21-30(42-29-19-11-25(2)12-20-29)23-36-22-26-13-17-28(18-14-26)37-35-38-32-8-6-5-7-31(32)34(39-35)40(3)4/h5-12,15-16,19-20,26,28,30,33,36,41H,13-14,17-18,21-23H2,1-4H3,(H,37,38,39). The number of thioether (sulfide) groups is 1. The number of nitrogens with one attached hydrogen (secondary N) is 2. The monoisotopic (exact) mass is 583 g/mol. The molecule has 0 spiro atoms. The second-order valence-electron chi connectivity index (χ2n) is 12.0. The van der Waals surface area contributed by atoms with Crippen molar-refractivity contribution >= 4 is 34.4 Å². The third-order valence-corrected chi connectivity index (χ3v) is 9.50. The van der Waals surface area contributed by atoms with E-state index in [4.69, 9.17) is 9.97 Å². The first kappa shape index (κ1) is 30.3. The summed E-state index contributed by atoms with van der Waals surface area (Å²) < 4.78 is 0. The molecule has 222 valence electrons. The molecule has 2 atom stereocenters. The number of anilines is 2. The summed E-state index contributed by atoms with van der Waals surface area (Å²) in [6.45, 7) is 6.08. The Balaban J connectivity index is 1.13. The van der Waals surface area contributed by atoms with Gasteiger partial charge in [0.25, 0.3) is 0 Å². The highest BCUT2D eigenvalue weighted by molar-refractivity contribution is 8.00. The Kier molecular flexibility index (Phi) is 10.4. The molecule has 0 saturated heterocycles. The summed E-state index contributed by atoms with van der Waals surface area (Å²) in [6.07, 6.45) is 4.84. The molecule has 42 heavy (non-hydrogen) atoms. The van der Waals surface area contributed by atoms with E-state index in [1.165, 1.54) is 28.9 Å². The van der Waals surface area contributed by atoms with E-state index in [1.54, 1.807) is 0 Å². The Morgan fingerprint density at radius 1 is 0.881 bits per heavy atom. The van der Waals surface area contributed by atoms with Gasteiger partial charge in [-0.25, -0.2) is 4.98 Å². The largest absolute Gasteiger partial charge is 0.388 e. The van der Waals surface area contributed by atoms with Gasteiger partial charge in [-0.05, 0) is 88.2 Å². The Hall–Kier alpha value is -3.13. The maximum absolute atomic E-state index is 11.0. The molecule has 3 aromatic carbocycles. The van der Waals surface area contributed by atoms with Gasteiger partial charge in [0, 0.05) is 42.2 Å². The van der Waals surface area contributed by atoms with Crippen molar-refractivity contribution in [2.75, 3.05) is 37.4 Å². The number of aryl methyl sites for hydroxylation is 2. The van der Waals surface area contributed by atoms with Crippen molar-refractivity contribution in [2.45, 2.75) is 68.2 Å². The zero-order valence-electron chi connectivity index (χ0n) is 25.4. The summed E-state index contributed by atoms with van der Waals surface area (Å²) >= 11 is 1.87. The number of aliphatic hydroxyl groups is 1.